The number of halogens is 1. The number of amides is 1. The minimum Gasteiger partial charge on any atom is -0.450 e. The lowest BCUT2D eigenvalue weighted by molar-refractivity contribution is -0.0194. The number of rotatable bonds is 3. The first kappa shape index (κ1) is 15.3. The molecule has 4 nitrogen and oxygen atoms in total. The summed E-state index contributed by atoms with van der Waals surface area (Å²) in [7, 11) is 0. The van der Waals surface area contributed by atoms with Gasteiger partial charge in [0.05, 0.1) is 12.2 Å². The zero-order valence-electron chi connectivity index (χ0n) is 11.6. The van der Waals surface area contributed by atoms with E-state index < -0.39 is 5.60 Å². The summed E-state index contributed by atoms with van der Waals surface area (Å²) in [4.78, 5) is 13.3. The maximum absolute atomic E-state index is 11.6. The summed E-state index contributed by atoms with van der Waals surface area (Å²) < 4.78 is 6.01. The first-order valence-electron chi connectivity index (χ1n) is 6.91. The summed E-state index contributed by atoms with van der Waals surface area (Å²) in [5, 5.41) is 10.6. The molecular weight excluding hydrogens is 322 g/mol. The van der Waals surface area contributed by atoms with Gasteiger partial charge in [-0.1, -0.05) is 28.1 Å². The summed E-state index contributed by atoms with van der Waals surface area (Å²) in [5.74, 6) is 0. The maximum atomic E-state index is 11.6. The molecular formula is C15H20BrNO3. The van der Waals surface area contributed by atoms with Crippen LogP contribution in [0.1, 0.15) is 25.3 Å². The van der Waals surface area contributed by atoms with Gasteiger partial charge >= 0.3 is 6.09 Å². The standard InChI is InChI=1S/C15H20BrNO3/c1-2-20-14(18)17-9-7-15(19,8-10-17)11-12-3-5-13(16)6-4-12/h3-6,19H,2,7-11H2,1H3. The summed E-state index contributed by atoms with van der Waals surface area (Å²) in [6, 6.07) is 7.98. The van der Waals surface area contributed by atoms with E-state index in [1.165, 1.54) is 0 Å². The number of hydrogen-bond acceptors (Lipinski definition) is 3. The van der Waals surface area contributed by atoms with Crippen molar-refractivity contribution in [2.45, 2.75) is 31.8 Å². The highest BCUT2D eigenvalue weighted by atomic mass is 79.9. The molecule has 1 aromatic carbocycles. The number of carbonyl (C=O) groups excluding carboxylic acids is 1. The van der Waals surface area contributed by atoms with Crippen molar-refractivity contribution in [3.8, 4) is 0 Å². The van der Waals surface area contributed by atoms with E-state index in [4.69, 9.17) is 4.74 Å². The summed E-state index contributed by atoms with van der Waals surface area (Å²) in [5.41, 5.74) is 0.386. The second kappa shape index (κ2) is 6.59. The molecule has 0 spiro atoms. The van der Waals surface area contributed by atoms with Crippen molar-refractivity contribution < 1.29 is 14.6 Å². The van der Waals surface area contributed by atoms with E-state index in [2.05, 4.69) is 15.9 Å². The third-order valence-electron chi connectivity index (χ3n) is 3.67. The zero-order valence-corrected chi connectivity index (χ0v) is 13.2. The monoisotopic (exact) mass is 341 g/mol. The number of piperidine rings is 1. The molecule has 1 amide bonds. The molecule has 0 aliphatic carbocycles. The predicted octanol–water partition coefficient (Wildman–Crippen LogP) is 2.98. The van der Waals surface area contributed by atoms with Crippen molar-refractivity contribution in [1.82, 2.24) is 4.90 Å². The number of likely N-dealkylation sites (tertiary alicyclic amines) is 1. The number of hydrogen-bond donors (Lipinski definition) is 1. The molecule has 5 heteroatoms. The molecule has 0 saturated carbocycles. The minimum absolute atomic E-state index is 0.279. The van der Waals surface area contributed by atoms with Gasteiger partial charge in [0.15, 0.2) is 0 Å². The normalized spacial score (nSPS) is 17.9. The summed E-state index contributed by atoms with van der Waals surface area (Å²) in [6.07, 6.45) is 1.51. The fraction of sp³-hybridized carbons (Fsp3) is 0.533. The van der Waals surface area contributed by atoms with Crippen molar-refractivity contribution in [3.05, 3.63) is 34.3 Å². The molecule has 1 fully saturated rings. The molecule has 0 unspecified atom stereocenters. The van der Waals surface area contributed by atoms with Crippen LogP contribution >= 0.6 is 15.9 Å². The molecule has 1 aromatic rings. The van der Waals surface area contributed by atoms with Crippen LogP contribution in [0.5, 0.6) is 0 Å². The lowest BCUT2D eigenvalue weighted by atomic mass is 9.85. The average molecular weight is 342 g/mol. The van der Waals surface area contributed by atoms with Crippen molar-refractivity contribution in [3.63, 3.8) is 0 Å². The van der Waals surface area contributed by atoms with E-state index in [1.54, 1.807) is 11.8 Å². The Labute approximate surface area is 127 Å². The Morgan fingerprint density at radius 3 is 2.50 bits per heavy atom. The summed E-state index contributed by atoms with van der Waals surface area (Å²) >= 11 is 3.40. The molecule has 110 valence electrons. The van der Waals surface area contributed by atoms with Crippen LogP contribution in [0.3, 0.4) is 0 Å². The smallest absolute Gasteiger partial charge is 0.409 e. The first-order valence-corrected chi connectivity index (χ1v) is 7.70. The van der Waals surface area contributed by atoms with Gasteiger partial charge in [0, 0.05) is 24.0 Å². The third-order valence-corrected chi connectivity index (χ3v) is 4.20. The number of nitrogens with zero attached hydrogens (tertiary/aromatic N) is 1. The van der Waals surface area contributed by atoms with E-state index in [-0.39, 0.29) is 6.09 Å². The highest BCUT2D eigenvalue weighted by molar-refractivity contribution is 9.10. The van der Waals surface area contributed by atoms with E-state index in [9.17, 15) is 9.90 Å². The Bertz CT molecular complexity index is 453. The molecule has 20 heavy (non-hydrogen) atoms. The molecule has 1 aliphatic heterocycles. The molecule has 0 atom stereocenters. The van der Waals surface area contributed by atoms with Crippen molar-refractivity contribution in [1.29, 1.82) is 0 Å². The van der Waals surface area contributed by atoms with Crippen molar-refractivity contribution in [2.24, 2.45) is 0 Å². The fourth-order valence-electron chi connectivity index (χ4n) is 2.48. The predicted molar refractivity (Wildman–Crippen MR) is 80.6 cm³/mol. The molecule has 0 bridgehead atoms. The van der Waals surface area contributed by atoms with E-state index >= 15 is 0 Å². The topological polar surface area (TPSA) is 49.8 Å². The summed E-state index contributed by atoms with van der Waals surface area (Å²) in [6.45, 7) is 3.28. The van der Waals surface area contributed by atoms with Crippen LogP contribution in [0, 0.1) is 0 Å². The van der Waals surface area contributed by atoms with E-state index in [0.717, 1.165) is 10.0 Å². The highest BCUT2D eigenvalue weighted by Gasteiger charge is 2.34. The van der Waals surface area contributed by atoms with Crippen molar-refractivity contribution in [2.75, 3.05) is 19.7 Å². The fourth-order valence-corrected chi connectivity index (χ4v) is 2.74. The van der Waals surface area contributed by atoms with Crippen LogP contribution in [-0.2, 0) is 11.2 Å². The van der Waals surface area contributed by atoms with E-state index in [1.807, 2.05) is 24.3 Å². The van der Waals surface area contributed by atoms with Crippen LogP contribution in [0.25, 0.3) is 0 Å². The third kappa shape index (κ3) is 3.96. The molecule has 1 saturated heterocycles. The number of benzene rings is 1. The van der Waals surface area contributed by atoms with Crippen LogP contribution in [0.15, 0.2) is 28.7 Å². The number of aliphatic hydroxyl groups is 1. The largest absolute Gasteiger partial charge is 0.450 e. The van der Waals surface area contributed by atoms with E-state index in [0.29, 0.717) is 39.0 Å². The van der Waals surface area contributed by atoms with Gasteiger partial charge in [-0.05, 0) is 37.5 Å². The zero-order chi connectivity index (χ0) is 14.6. The Balaban J connectivity index is 1.91. The second-order valence-corrected chi connectivity index (χ2v) is 6.13. The molecule has 0 radical (unpaired) electrons. The quantitative estimate of drug-likeness (QED) is 0.919. The Kier molecular flexibility index (Phi) is 5.05. The lowest BCUT2D eigenvalue weighted by Gasteiger charge is -2.37. The number of ether oxygens (including phenoxy) is 1. The molecule has 0 aromatic heterocycles. The van der Waals surface area contributed by atoms with Gasteiger partial charge in [0.2, 0.25) is 0 Å². The van der Waals surface area contributed by atoms with Gasteiger partial charge < -0.3 is 14.7 Å². The molecule has 2 rings (SSSR count). The molecule has 1 heterocycles. The van der Waals surface area contributed by atoms with Crippen LogP contribution in [0.4, 0.5) is 4.79 Å². The minimum atomic E-state index is -0.725. The maximum Gasteiger partial charge on any atom is 0.409 e. The van der Waals surface area contributed by atoms with Gasteiger partial charge in [-0.15, -0.1) is 0 Å². The van der Waals surface area contributed by atoms with Crippen LogP contribution in [-0.4, -0.2) is 41.4 Å². The van der Waals surface area contributed by atoms with Gasteiger partial charge in [-0.3, -0.25) is 0 Å². The van der Waals surface area contributed by atoms with Gasteiger partial charge in [0.1, 0.15) is 0 Å². The van der Waals surface area contributed by atoms with Gasteiger partial charge in [-0.25, -0.2) is 4.79 Å². The molecule has 1 aliphatic rings. The highest BCUT2D eigenvalue weighted by Crippen LogP contribution is 2.27. The second-order valence-electron chi connectivity index (χ2n) is 5.21. The Morgan fingerprint density at radius 1 is 1.35 bits per heavy atom. The van der Waals surface area contributed by atoms with Gasteiger partial charge in [0.25, 0.3) is 0 Å². The Morgan fingerprint density at radius 2 is 1.95 bits per heavy atom. The Hall–Kier alpha value is -1.07. The van der Waals surface area contributed by atoms with Crippen LogP contribution in [0.2, 0.25) is 0 Å². The van der Waals surface area contributed by atoms with Gasteiger partial charge in [-0.2, -0.15) is 0 Å². The lowest BCUT2D eigenvalue weighted by Crippen LogP contribution is -2.47. The number of carbonyl (C=O) groups is 1. The average Bonchev–Trinajstić information content (AvgIpc) is 2.42. The molecule has 1 N–H and O–H groups in total. The van der Waals surface area contributed by atoms with Crippen LogP contribution < -0.4 is 0 Å². The first-order chi connectivity index (χ1) is 9.52. The van der Waals surface area contributed by atoms with Crippen molar-refractivity contribution >= 4 is 22.0 Å². The SMILES string of the molecule is CCOC(=O)N1CCC(O)(Cc2ccc(Br)cc2)CC1.